The van der Waals surface area contributed by atoms with Crippen LogP contribution in [0.1, 0.15) is 0 Å². The van der Waals surface area contributed by atoms with Gasteiger partial charge in [0, 0.05) is 0 Å². The van der Waals surface area contributed by atoms with E-state index in [1.165, 1.54) is 0 Å². The van der Waals surface area contributed by atoms with E-state index in [0.29, 0.717) is 22.6 Å². The lowest BCUT2D eigenvalue weighted by molar-refractivity contribution is -0.173. The molecule has 12 heavy (non-hydrogen) atoms. The molecule has 0 unspecified atom stereocenters. The van der Waals surface area contributed by atoms with Crippen LogP contribution in [0.3, 0.4) is 0 Å². The topological polar surface area (TPSA) is 0 Å². The fourth-order valence-electron chi connectivity index (χ4n) is 0.375. The largest absolute Gasteiger partial charge is 0.424 e. The van der Waals surface area contributed by atoms with Gasteiger partial charge in [0.25, 0.3) is 0 Å². The molecule has 0 saturated heterocycles. The lowest BCUT2D eigenvalue weighted by Crippen LogP contribution is -2.26. The van der Waals surface area contributed by atoms with Crippen LogP contribution in [-0.4, -0.2) is 12.4 Å². The SMILES string of the molecule is FC(I)=C(C(F)(F)F)C(F)(F)F. The average Bonchev–Trinajstić information content (AvgIpc) is 1.49. The van der Waals surface area contributed by atoms with E-state index in [4.69, 9.17) is 0 Å². The molecule has 0 aromatic carbocycles. The first-order valence-corrected chi connectivity index (χ1v) is 3.34. The number of hydrogen-bond donors (Lipinski definition) is 0. The van der Waals surface area contributed by atoms with E-state index in [2.05, 4.69) is 0 Å². The maximum Gasteiger partial charge on any atom is 0.424 e. The number of hydrogen-bond acceptors (Lipinski definition) is 0. The van der Waals surface area contributed by atoms with E-state index >= 15 is 0 Å². The van der Waals surface area contributed by atoms with Gasteiger partial charge in [0.15, 0.2) is 9.41 Å². The second kappa shape index (κ2) is 3.38. The van der Waals surface area contributed by atoms with Crippen LogP contribution >= 0.6 is 22.6 Å². The third-order valence-electron chi connectivity index (χ3n) is 0.756. The molecule has 0 nitrogen and oxygen atoms in total. The smallest absolute Gasteiger partial charge is 0.199 e. The Hall–Kier alpha value is -0.0200. The summed E-state index contributed by atoms with van der Waals surface area (Å²) < 4.78 is 78.1. The van der Waals surface area contributed by atoms with Gasteiger partial charge in [-0.3, -0.25) is 0 Å². The molecule has 0 aliphatic carbocycles. The number of allylic oxidation sites excluding steroid dienone is 1. The van der Waals surface area contributed by atoms with Gasteiger partial charge in [0.2, 0.25) is 0 Å². The predicted molar refractivity (Wildman–Crippen MR) is 34.3 cm³/mol. The highest BCUT2D eigenvalue weighted by Gasteiger charge is 2.53. The highest BCUT2D eigenvalue weighted by Crippen LogP contribution is 2.42. The Morgan fingerprint density at radius 1 is 0.833 bits per heavy atom. The van der Waals surface area contributed by atoms with E-state index in [1.54, 1.807) is 0 Å². The van der Waals surface area contributed by atoms with Crippen molar-refractivity contribution in [3.63, 3.8) is 0 Å². The molecule has 0 heterocycles. The van der Waals surface area contributed by atoms with E-state index in [0.717, 1.165) is 0 Å². The van der Waals surface area contributed by atoms with Crippen LogP contribution in [0, 0.1) is 0 Å². The number of rotatable bonds is 0. The minimum atomic E-state index is -5.70. The molecule has 0 bridgehead atoms. The standard InChI is InChI=1S/C4F7I/c5-2(12)1(3(6,7)8)4(9,10)11. The van der Waals surface area contributed by atoms with Gasteiger partial charge in [-0.15, -0.1) is 0 Å². The minimum Gasteiger partial charge on any atom is -0.199 e. The van der Waals surface area contributed by atoms with Crippen LogP contribution in [0.15, 0.2) is 9.41 Å². The van der Waals surface area contributed by atoms with Crippen LogP contribution in [0.4, 0.5) is 30.7 Å². The van der Waals surface area contributed by atoms with Crippen molar-refractivity contribution in [2.24, 2.45) is 0 Å². The minimum absolute atomic E-state index is 0.328. The first-order valence-electron chi connectivity index (χ1n) is 2.26. The Kier molecular flexibility index (Phi) is 3.38. The van der Waals surface area contributed by atoms with Crippen molar-refractivity contribution in [3.8, 4) is 0 Å². The molecule has 0 radical (unpaired) electrons. The summed E-state index contributed by atoms with van der Waals surface area (Å²) in [7, 11) is 0. The van der Waals surface area contributed by atoms with Crippen LogP contribution in [-0.2, 0) is 0 Å². The van der Waals surface area contributed by atoms with E-state index < -0.39 is 21.8 Å². The zero-order valence-electron chi connectivity index (χ0n) is 5.02. The molecule has 0 spiro atoms. The molecule has 0 aromatic rings. The molecule has 0 amide bonds. The Morgan fingerprint density at radius 2 is 1.08 bits per heavy atom. The van der Waals surface area contributed by atoms with Crippen molar-refractivity contribution in [3.05, 3.63) is 9.41 Å². The molecule has 0 atom stereocenters. The molecule has 8 heteroatoms. The summed E-state index contributed by atoms with van der Waals surface area (Å²) in [6.45, 7) is 0. The third kappa shape index (κ3) is 3.15. The van der Waals surface area contributed by atoms with Gasteiger partial charge in [-0.2, -0.15) is 30.7 Å². The Bertz CT molecular complexity index is 176. The van der Waals surface area contributed by atoms with E-state index in [1.807, 2.05) is 0 Å². The summed E-state index contributed by atoms with van der Waals surface area (Å²) in [5.74, 6) is 0. The van der Waals surface area contributed by atoms with E-state index in [9.17, 15) is 30.7 Å². The van der Waals surface area contributed by atoms with Crippen LogP contribution < -0.4 is 0 Å². The molecule has 0 aliphatic rings. The molecule has 0 rings (SSSR count). The molecule has 0 aliphatic heterocycles. The lowest BCUT2D eigenvalue weighted by atomic mass is 10.3. The maximum absolute atomic E-state index is 11.8. The van der Waals surface area contributed by atoms with Gasteiger partial charge in [0.1, 0.15) is 0 Å². The van der Waals surface area contributed by atoms with Crippen molar-refractivity contribution in [1.29, 1.82) is 0 Å². The molecule has 0 aromatic heterocycles. The van der Waals surface area contributed by atoms with Crippen LogP contribution in [0.25, 0.3) is 0 Å². The molecule has 0 saturated carbocycles. The number of halogens is 8. The molecular formula is C4F7I. The first kappa shape index (κ1) is 12.0. The van der Waals surface area contributed by atoms with Crippen molar-refractivity contribution >= 4 is 22.6 Å². The molecule has 72 valence electrons. The number of alkyl halides is 6. The highest BCUT2D eigenvalue weighted by atomic mass is 127. The summed E-state index contributed by atoms with van der Waals surface area (Å²) in [4.78, 5) is 0. The molecule has 0 fully saturated rings. The Balaban J connectivity index is 5.13. The van der Waals surface area contributed by atoms with Crippen molar-refractivity contribution in [2.75, 3.05) is 0 Å². The molecule has 0 N–H and O–H groups in total. The van der Waals surface area contributed by atoms with Gasteiger partial charge >= 0.3 is 12.4 Å². The third-order valence-corrected chi connectivity index (χ3v) is 1.30. The van der Waals surface area contributed by atoms with Gasteiger partial charge < -0.3 is 0 Å². The summed E-state index contributed by atoms with van der Waals surface area (Å²) in [5.41, 5.74) is -3.10. The second-order valence-corrected chi connectivity index (χ2v) is 2.58. The van der Waals surface area contributed by atoms with Crippen molar-refractivity contribution in [1.82, 2.24) is 0 Å². The predicted octanol–water partition coefficient (Wildman–Crippen LogP) is 3.73. The summed E-state index contributed by atoms with van der Waals surface area (Å²) >= 11 is 0.328. The quantitative estimate of drug-likeness (QED) is 0.472. The van der Waals surface area contributed by atoms with Crippen molar-refractivity contribution in [2.45, 2.75) is 12.4 Å². The fraction of sp³-hybridized carbons (Fsp3) is 0.500. The Morgan fingerprint density at radius 3 is 1.08 bits per heavy atom. The van der Waals surface area contributed by atoms with Gasteiger partial charge in [-0.25, -0.2) is 0 Å². The Labute approximate surface area is 75.6 Å². The monoisotopic (exact) mass is 308 g/mol. The average molecular weight is 308 g/mol. The summed E-state index contributed by atoms with van der Waals surface area (Å²) in [6, 6.07) is 0. The molecular weight excluding hydrogens is 308 g/mol. The highest BCUT2D eigenvalue weighted by molar-refractivity contribution is 14.1. The van der Waals surface area contributed by atoms with Crippen molar-refractivity contribution < 1.29 is 30.7 Å². The normalized spacial score (nSPS) is 13.0. The van der Waals surface area contributed by atoms with Gasteiger partial charge in [-0.1, -0.05) is 0 Å². The van der Waals surface area contributed by atoms with Gasteiger partial charge in [0.05, 0.1) is 0 Å². The summed E-state index contributed by atoms with van der Waals surface area (Å²) in [6.07, 6.45) is -11.4. The maximum atomic E-state index is 11.8. The van der Waals surface area contributed by atoms with Crippen LogP contribution in [0.5, 0.6) is 0 Å². The zero-order valence-corrected chi connectivity index (χ0v) is 7.18. The lowest BCUT2D eigenvalue weighted by Gasteiger charge is -2.13. The van der Waals surface area contributed by atoms with Gasteiger partial charge in [-0.05, 0) is 22.6 Å². The zero-order chi connectivity index (χ0) is 10.2. The van der Waals surface area contributed by atoms with E-state index in [-0.39, 0.29) is 0 Å². The fourth-order valence-corrected chi connectivity index (χ4v) is 0.987. The first-order chi connectivity index (χ1) is 5.07. The van der Waals surface area contributed by atoms with Crippen LogP contribution in [0.2, 0.25) is 0 Å². The second-order valence-electron chi connectivity index (χ2n) is 1.63. The summed E-state index contributed by atoms with van der Waals surface area (Å²) in [5, 5.41) is 0.